The molecule has 1 saturated heterocycles. The normalized spacial score (nSPS) is 14.9. The smallest absolute Gasteiger partial charge is 0.309 e. The van der Waals surface area contributed by atoms with Crippen LogP contribution in [0.5, 0.6) is 0 Å². The first kappa shape index (κ1) is 19.7. The van der Waals surface area contributed by atoms with E-state index in [9.17, 15) is 14.4 Å². The summed E-state index contributed by atoms with van der Waals surface area (Å²) in [5, 5.41) is 0. The number of halogens is 1. The van der Waals surface area contributed by atoms with Gasteiger partial charge in [-0.05, 0) is 54.5 Å². The number of esters is 1. The first-order chi connectivity index (χ1) is 11.9. The first-order valence-electron chi connectivity index (χ1n) is 8.38. The largest absolute Gasteiger partial charge is 0.466 e. The third kappa shape index (κ3) is 5.17. The van der Waals surface area contributed by atoms with Crippen molar-refractivity contribution in [3.63, 3.8) is 0 Å². The highest BCUT2D eigenvalue weighted by molar-refractivity contribution is 14.1. The van der Waals surface area contributed by atoms with Crippen molar-refractivity contribution in [3.05, 3.63) is 33.4 Å². The van der Waals surface area contributed by atoms with Gasteiger partial charge >= 0.3 is 5.97 Å². The van der Waals surface area contributed by atoms with E-state index in [1.165, 1.54) is 4.90 Å². The highest BCUT2D eigenvalue weighted by Crippen LogP contribution is 2.19. The van der Waals surface area contributed by atoms with Crippen molar-refractivity contribution >= 4 is 40.4 Å². The number of benzene rings is 1. The fourth-order valence-electron chi connectivity index (χ4n) is 2.84. The van der Waals surface area contributed by atoms with Crippen LogP contribution in [0.4, 0.5) is 0 Å². The maximum Gasteiger partial charge on any atom is 0.309 e. The molecule has 0 N–H and O–H groups in total. The number of carbonyl (C=O) groups excluding carboxylic acids is 3. The van der Waals surface area contributed by atoms with E-state index in [4.69, 9.17) is 4.74 Å². The van der Waals surface area contributed by atoms with E-state index in [1.807, 2.05) is 18.2 Å². The molecule has 0 saturated carbocycles. The van der Waals surface area contributed by atoms with Crippen LogP contribution in [-0.4, -0.2) is 60.9 Å². The third-order valence-electron chi connectivity index (χ3n) is 4.29. The SMILES string of the molecule is CCOC(=O)C1CCN(C(=O)CN(C)C(=O)c2ccccc2I)CC1. The second-order valence-corrected chi connectivity index (χ2v) is 7.21. The van der Waals surface area contributed by atoms with Gasteiger partial charge in [0.1, 0.15) is 0 Å². The van der Waals surface area contributed by atoms with Crippen molar-refractivity contribution in [1.29, 1.82) is 0 Å². The highest BCUT2D eigenvalue weighted by Gasteiger charge is 2.29. The molecule has 0 bridgehead atoms. The lowest BCUT2D eigenvalue weighted by Crippen LogP contribution is -2.45. The molecule has 1 aliphatic heterocycles. The number of amides is 2. The van der Waals surface area contributed by atoms with Gasteiger partial charge in [-0.25, -0.2) is 0 Å². The summed E-state index contributed by atoms with van der Waals surface area (Å²) in [6.07, 6.45) is 1.22. The number of nitrogens with zero attached hydrogens (tertiary/aromatic N) is 2. The van der Waals surface area contributed by atoms with E-state index in [0.717, 1.165) is 3.57 Å². The van der Waals surface area contributed by atoms with Crippen LogP contribution in [0.3, 0.4) is 0 Å². The first-order valence-corrected chi connectivity index (χ1v) is 9.46. The predicted molar refractivity (Wildman–Crippen MR) is 102 cm³/mol. The van der Waals surface area contributed by atoms with E-state index in [2.05, 4.69) is 22.6 Å². The summed E-state index contributed by atoms with van der Waals surface area (Å²) in [4.78, 5) is 39.8. The number of hydrogen-bond donors (Lipinski definition) is 0. The van der Waals surface area contributed by atoms with Crippen LogP contribution in [-0.2, 0) is 14.3 Å². The third-order valence-corrected chi connectivity index (χ3v) is 5.23. The quantitative estimate of drug-likeness (QED) is 0.501. The summed E-state index contributed by atoms with van der Waals surface area (Å²) < 4.78 is 5.90. The molecule has 0 aromatic heterocycles. The number of piperidine rings is 1. The lowest BCUT2D eigenvalue weighted by Gasteiger charge is -2.32. The van der Waals surface area contributed by atoms with Crippen molar-refractivity contribution in [1.82, 2.24) is 9.80 Å². The fraction of sp³-hybridized carbons (Fsp3) is 0.500. The lowest BCUT2D eigenvalue weighted by atomic mass is 9.97. The van der Waals surface area contributed by atoms with Crippen LogP contribution >= 0.6 is 22.6 Å². The number of likely N-dealkylation sites (N-methyl/N-ethyl adjacent to an activating group) is 1. The second-order valence-electron chi connectivity index (χ2n) is 6.05. The Morgan fingerprint density at radius 1 is 1.24 bits per heavy atom. The standard InChI is InChI=1S/C18H23IN2O4/c1-3-25-18(24)13-8-10-21(11-9-13)16(22)12-20(2)17(23)14-6-4-5-7-15(14)19/h4-7,13H,3,8-12H2,1-2H3. The Balaban J connectivity index is 1.87. The van der Waals surface area contributed by atoms with Gasteiger partial charge in [0, 0.05) is 23.7 Å². The van der Waals surface area contributed by atoms with Gasteiger partial charge in [0.15, 0.2) is 0 Å². The van der Waals surface area contributed by atoms with Crippen LogP contribution in [0.1, 0.15) is 30.1 Å². The van der Waals surface area contributed by atoms with Gasteiger partial charge in [0.05, 0.1) is 24.6 Å². The minimum absolute atomic E-state index is 0.0356. The minimum atomic E-state index is -0.180. The number of hydrogen-bond acceptors (Lipinski definition) is 4. The Kier molecular flexibility index (Phi) is 7.22. The predicted octanol–water partition coefficient (Wildman–Crippen LogP) is 2.16. The Labute approximate surface area is 161 Å². The molecule has 1 aromatic rings. The molecule has 0 radical (unpaired) electrons. The van der Waals surface area contributed by atoms with Gasteiger partial charge in [-0.15, -0.1) is 0 Å². The van der Waals surface area contributed by atoms with Gasteiger partial charge in [-0.3, -0.25) is 14.4 Å². The molecule has 2 amide bonds. The number of rotatable bonds is 5. The maximum absolute atomic E-state index is 12.5. The summed E-state index contributed by atoms with van der Waals surface area (Å²) in [5.74, 6) is -0.571. The van der Waals surface area contributed by atoms with E-state index in [0.29, 0.717) is 38.1 Å². The molecule has 0 unspecified atom stereocenters. The molecule has 7 heteroatoms. The summed E-state index contributed by atoms with van der Waals surface area (Å²) in [6, 6.07) is 7.31. The molecule has 1 fully saturated rings. The zero-order chi connectivity index (χ0) is 18.4. The lowest BCUT2D eigenvalue weighted by molar-refractivity contribution is -0.151. The molecule has 136 valence electrons. The maximum atomic E-state index is 12.5. The fourth-order valence-corrected chi connectivity index (χ4v) is 3.46. The molecule has 1 aromatic carbocycles. The zero-order valence-electron chi connectivity index (χ0n) is 14.5. The van der Waals surface area contributed by atoms with Crippen molar-refractivity contribution in [3.8, 4) is 0 Å². The molecule has 1 heterocycles. The molecule has 6 nitrogen and oxygen atoms in total. The minimum Gasteiger partial charge on any atom is -0.466 e. The number of ether oxygens (including phenoxy) is 1. The summed E-state index contributed by atoms with van der Waals surface area (Å²) in [5.41, 5.74) is 0.597. The summed E-state index contributed by atoms with van der Waals surface area (Å²) in [6.45, 7) is 3.24. The summed E-state index contributed by atoms with van der Waals surface area (Å²) >= 11 is 2.11. The topological polar surface area (TPSA) is 66.9 Å². The summed E-state index contributed by atoms with van der Waals surface area (Å²) in [7, 11) is 1.63. The average molecular weight is 458 g/mol. The van der Waals surface area contributed by atoms with Crippen molar-refractivity contribution in [2.45, 2.75) is 19.8 Å². The molecule has 0 atom stereocenters. The molecular weight excluding hydrogens is 435 g/mol. The van der Waals surface area contributed by atoms with Gasteiger partial charge in [-0.1, -0.05) is 12.1 Å². The Morgan fingerprint density at radius 3 is 2.48 bits per heavy atom. The van der Waals surface area contributed by atoms with Crippen LogP contribution in [0.2, 0.25) is 0 Å². The number of likely N-dealkylation sites (tertiary alicyclic amines) is 1. The van der Waals surface area contributed by atoms with Gasteiger partial charge in [0.25, 0.3) is 5.91 Å². The monoisotopic (exact) mass is 458 g/mol. The highest BCUT2D eigenvalue weighted by atomic mass is 127. The van der Waals surface area contributed by atoms with E-state index in [1.54, 1.807) is 24.9 Å². The van der Waals surface area contributed by atoms with Crippen LogP contribution in [0.15, 0.2) is 24.3 Å². The van der Waals surface area contributed by atoms with Gasteiger partial charge in [-0.2, -0.15) is 0 Å². The van der Waals surface area contributed by atoms with Gasteiger partial charge in [0.2, 0.25) is 5.91 Å². The van der Waals surface area contributed by atoms with Crippen molar-refractivity contribution < 1.29 is 19.1 Å². The molecule has 1 aliphatic rings. The van der Waals surface area contributed by atoms with E-state index in [-0.39, 0.29) is 30.2 Å². The molecule has 2 rings (SSSR count). The molecule has 25 heavy (non-hydrogen) atoms. The molecular formula is C18H23IN2O4. The second kappa shape index (κ2) is 9.17. The molecule has 0 aliphatic carbocycles. The average Bonchev–Trinajstić information content (AvgIpc) is 2.61. The molecule has 0 spiro atoms. The van der Waals surface area contributed by atoms with Gasteiger partial charge < -0.3 is 14.5 Å². The van der Waals surface area contributed by atoms with E-state index < -0.39 is 0 Å². The van der Waals surface area contributed by atoms with Crippen LogP contribution in [0.25, 0.3) is 0 Å². The van der Waals surface area contributed by atoms with Crippen molar-refractivity contribution in [2.75, 3.05) is 33.3 Å². The number of carbonyl (C=O) groups is 3. The van der Waals surface area contributed by atoms with Crippen molar-refractivity contribution in [2.24, 2.45) is 5.92 Å². The Morgan fingerprint density at radius 2 is 1.88 bits per heavy atom. The van der Waals surface area contributed by atoms with Crippen LogP contribution < -0.4 is 0 Å². The van der Waals surface area contributed by atoms with Crippen LogP contribution in [0, 0.1) is 9.49 Å². The Bertz CT molecular complexity index is 642. The zero-order valence-corrected chi connectivity index (χ0v) is 16.7. The Hall–Kier alpha value is -1.64. The van der Waals surface area contributed by atoms with E-state index >= 15 is 0 Å².